The second-order valence-electron chi connectivity index (χ2n) is 9.00. The minimum Gasteiger partial charge on any atom is -0.454 e. The van der Waals surface area contributed by atoms with E-state index in [1.807, 2.05) is 18.2 Å². The number of hydrogen-bond acceptors (Lipinski definition) is 8. The van der Waals surface area contributed by atoms with E-state index in [0.717, 1.165) is 5.56 Å². The van der Waals surface area contributed by atoms with Crippen LogP contribution < -0.4 is 31.0 Å². The zero-order chi connectivity index (χ0) is 23.0. The molecule has 5 atom stereocenters. The molecule has 3 fully saturated rings. The third-order valence-corrected chi connectivity index (χ3v) is 6.72. The van der Waals surface area contributed by atoms with Crippen molar-refractivity contribution in [2.24, 2.45) is 11.8 Å². The van der Waals surface area contributed by atoms with Crippen molar-refractivity contribution >= 4 is 5.91 Å². The molecular weight excluding hydrogens is 443 g/mol. The molecule has 4 aliphatic rings. The first-order valence-electron chi connectivity index (χ1n) is 11.2. The lowest BCUT2D eigenvalue weighted by Crippen LogP contribution is -2.49. The van der Waals surface area contributed by atoms with Crippen LogP contribution in [0.5, 0.6) is 11.5 Å². The Morgan fingerprint density at radius 1 is 1.21 bits per heavy atom. The second-order valence-corrected chi connectivity index (χ2v) is 9.00. The van der Waals surface area contributed by atoms with Crippen LogP contribution in [0.4, 0.5) is 13.2 Å². The monoisotopic (exact) mass is 471 g/mol. The maximum absolute atomic E-state index is 13.4. The summed E-state index contributed by atoms with van der Waals surface area (Å²) in [6.45, 7) is 2.11. The lowest BCUT2D eigenvalue weighted by Gasteiger charge is -2.35. The topological polar surface area (TPSA) is 96.1 Å². The normalized spacial score (nSPS) is 32.3. The van der Waals surface area contributed by atoms with Gasteiger partial charge in [0, 0.05) is 26.1 Å². The fourth-order valence-corrected chi connectivity index (χ4v) is 4.95. The van der Waals surface area contributed by atoms with Crippen LogP contribution in [0, 0.1) is 11.8 Å². The summed E-state index contributed by atoms with van der Waals surface area (Å²) in [5.74, 6) is -0.681. The van der Waals surface area contributed by atoms with Gasteiger partial charge in [0.25, 0.3) is 0 Å². The average Bonchev–Trinajstić information content (AvgIpc) is 3.54. The van der Waals surface area contributed by atoms with Gasteiger partial charge in [-0.3, -0.25) is 15.1 Å². The Bertz CT molecular complexity index is 873. The van der Waals surface area contributed by atoms with Gasteiger partial charge in [-0.2, -0.15) is 18.7 Å². The van der Waals surface area contributed by atoms with E-state index in [1.165, 1.54) is 0 Å². The van der Waals surface area contributed by atoms with Crippen molar-refractivity contribution in [2.75, 3.05) is 39.5 Å². The maximum Gasteiger partial charge on any atom is 0.392 e. The minimum atomic E-state index is -4.19. The number of nitrogens with one attached hydrogen (secondary N) is 4. The molecule has 0 aromatic heterocycles. The molecule has 1 aromatic carbocycles. The average molecular weight is 471 g/mol. The molecule has 0 aliphatic carbocycles. The van der Waals surface area contributed by atoms with Crippen molar-refractivity contribution in [1.29, 1.82) is 0 Å². The van der Waals surface area contributed by atoms with Gasteiger partial charge in [-0.25, -0.2) is 5.01 Å². The Labute approximate surface area is 189 Å². The third-order valence-electron chi connectivity index (χ3n) is 6.72. The first-order valence-corrected chi connectivity index (χ1v) is 11.2. The highest BCUT2D eigenvalue weighted by molar-refractivity contribution is 5.82. The van der Waals surface area contributed by atoms with E-state index in [2.05, 4.69) is 21.5 Å². The van der Waals surface area contributed by atoms with E-state index in [0.29, 0.717) is 44.1 Å². The Hall–Kier alpha value is -2.12. The number of hydroxylamine groups is 1. The molecule has 9 nitrogen and oxygen atoms in total. The van der Waals surface area contributed by atoms with Crippen LogP contribution in [-0.4, -0.2) is 68.7 Å². The number of carbonyl (C=O) groups is 1. The van der Waals surface area contributed by atoms with Gasteiger partial charge in [0.05, 0.1) is 12.0 Å². The van der Waals surface area contributed by atoms with Crippen LogP contribution in [0.3, 0.4) is 0 Å². The van der Waals surface area contributed by atoms with Gasteiger partial charge in [-0.05, 0) is 43.1 Å². The lowest BCUT2D eigenvalue weighted by atomic mass is 9.85. The fraction of sp³-hybridized carbons (Fsp3) is 0.667. The van der Waals surface area contributed by atoms with Gasteiger partial charge in [-0.1, -0.05) is 6.07 Å². The zero-order valence-corrected chi connectivity index (χ0v) is 18.0. The molecule has 0 radical (unpaired) electrons. The Balaban J connectivity index is 1.10. The van der Waals surface area contributed by atoms with Crippen molar-refractivity contribution in [3.05, 3.63) is 23.8 Å². The number of hydrogen-bond donors (Lipinski definition) is 4. The number of fused-ring (bicyclic) bond motifs is 1. The molecule has 0 spiro atoms. The van der Waals surface area contributed by atoms with E-state index in [4.69, 9.17) is 14.3 Å². The van der Waals surface area contributed by atoms with E-state index < -0.39 is 24.1 Å². The summed E-state index contributed by atoms with van der Waals surface area (Å²) in [7, 11) is 0. The highest BCUT2D eigenvalue weighted by atomic mass is 19.4. The standard InChI is InChI=1S/C21H28F3N5O4/c22-21(23,24)15-3-4-25-7-13(15)9-29-10-14(8-26-29)27-20(30)16-6-18(33-28-16)12-1-2-17-19(5-12)32-11-31-17/h1-2,5,13-16,18,25-26,28H,3-4,6-11H2,(H,27,30). The number of benzene rings is 1. The summed E-state index contributed by atoms with van der Waals surface area (Å²) in [5.41, 5.74) is 6.81. The number of halogens is 3. The molecule has 0 bridgehead atoms. The summed E-state index contributed by atoms with van der Waals surface area (Å²) >= 11 is 0. The number of carbonyl (C=O) groups excluding carboxylic acids is 1. The molecule has 0 saturated carbocycles. The predicted octanol–water partition coefficient (Wildman–Crippen LogP) is 0.843. The van der Waals surface area contributed by atoms with Crippen molar-refractivity contribution < 1.29 is 32.3 Å². The molecule has 4 heterocycles. The first kappa shape index (κ1) is 22.7. The number of nitrogens with zero attached hydrogens (tertiary/aromatic N) is 1. The SMILES string of the molecule is O=C(NC1CNN(CC2CNCCC2C(F)(F)F)C1)C1CC(c2ccc3c(c2)OCO3)ON1. The largest absolute Gasteiger partial charge is 0.454 e. The Kier molecular flexibility index (Phi) is 6.36. The van der Waals surface area contributed by atoms with E-state index >= 15 is 0 Å². The van der Waals surface area contributed by atoms with Gasteiger partial charge < -0.3 is 20.1 Å². The summed E-state index contributed by atoms with van der Waals surface area (Å²) in [6.07, 6.45) is -3.94. The number of alkyl halides is 3. The van der Waals surface area contributed by atoms with Gasteiger partial charge in [0.15, 0.2) is 11.5 Å². The predicted molar refractivity (Wildman–Crippen MR) is 110 cm³/mol. The Morgan fingerprint density at radius 3 is 2.91 bits per heavy atom. The molecule has 1 aromatic rings. The zero-order valence-electron chi connectivity index (χ0n) is 18.0. The fourth-order valence-electron chi connectivity index (χ4n) is 4.95. The van der Waals surface area contributed by atoms with E-state index in [1.54, 1.807) is 5.01 Å². The summed E-state index contributed by atoms with van der Waals surface area (Å²) < 4.78 is 50.8. The maximum atomic E-state index is 13.4. The van der Waals surface area contributed by atoms with Gasteiger partial charge in [-0.15, -0.1) is 0 Å². The smallest absolute Gasteiger partial charge is 0.392 e. The Morgan fingerprint density at radius 2 is 2.06 bits per heavy atom. The molecule has 1 amide bonds. The number of ether oxygens (including phenoxy) is 2. The molecule has 182 valence electrons. The van der Waals surface area contributed by atoms with Gasteiger partial charge in [0.2, 0.25) is 12.7 Å². The van der Waals surface area contributed by atoms with Crippen molar-refractivity contribution in [3.63, 3.8) is 0 Å². The van der Waals surface area contributed by atoms with Crippen LogP contribution in [0.2, 0.25) is 0 Å². The van der Waals surface area contributed by atoms with Crippen LogP contribution >= 0.6 is 0 Å². The number of hydrazine groups is 1. The van der Waals surface area contributed by atoms with Gasteiger partial charge >= 0.3 is 6.18 Å². The second kappa shape index (κ2) is 9.26. The van der Waals surface area contributed by atoms with Crippen LogP contribution in [-0.2, 0) is 9.63 Å². The minimum absolute atomic E-state index is 0.0973. The quantitative estimate of drug-likeness (QED) is 0.502. The molecule has 5 rings (SSSR count). The number of rotatable bonds is 5. The van der Waals surface area contributed by atoms with E-state index in [-0.39, 0.29) is 37.8 Å². The molecule has 4 aliphatic heterocycles. The molecule has 4 N–H and O–H groups in total. The first-order chi connectivity index (χ1) is 15.9. The summed E-state index contributed by atoms with van der Waals surface area (Å²) in [6, 6.07) is 4.84. The molecular formula is C21H28F3N5O4. The van der Waals surface area contributed by atoms with Crippen LogP contribution in [0.25, 0.3) is 0 Å². The lowest BCUT2D eigenvalue weighted by molar-refractivity contribution is -0.196. The number of amides is 1. The third kappa shape index (κ3) is 5.04. The van der Waals surface area contributed by atoms with Crippen LogP contribution in [0.15, 0.2) is 18.2 Å². The highest BCUT2D eigenvalue weighted by Crippen LogP contribution is 2.38. The summed E-state index contributed by atoms with van der Waals surface area (Å²) in [4.78, 5) is 18.4. The number of piperidine rings is 1. The molecule has 3 saturated heterocycles. The van der Waals surface area contributed by atoms with Crippen molar-refractivity contribution in [1.82, 2.24) is 26.5 Å². The molecule has 33 heavy (non-hydrogen) atoms. The van der Waals surface area contributed by atoms with Crippen LogP contribution in [0.1, 0.15) is 24.5 Å². The highest BCUT2D eigenvalue weighted by Gasteiger charge is 2.46. The molecule has 5 unspecified atom stereocenters. The summed E-state index contributed by atoms with van der Waals surface area (Å²) in [5, 5.41) is 7.82. The van der Waals surface area contributed by atoms with Crippen molar-refractivity contribution in [3.8, 4) is 11.5 Å². The van der Waals surface area contributed by atoms with Gasteiger partial charge in [0.1, 0.15) is 12.1 Å². The molecule has 12 heteroatoms. The van der Waals surface area contributed by atoms with E-state index in [9.17, 15) is 18.0 Å². The van der Waals surface area contributed by atoms with Crippen molar-refractivity contribution in [2.45, 2.75) is 37.2 Å².